The maximum Gasteiger partial charge on any atom is 0.416 e. The standard InChI is InChI=1S/C24H23F3N2O3S/c1-16-12-17(2)23(18(3)13-16)28-22(30)15-29(33(31,32)21-10-5-4-6-11-21)20-9-7-8-19(14-20)24(25,26)27/h4-14H,15H2,1-3H3,(H,28,30). The Hall–Kier alpha value is -3.33. The Kier molecular flexibility index (Phi) is 6.83. The second-order valence-electron chi connectivity index (χ2n) is 7.69. The van der Waals surface area contributed by atoms with Gasteiger partial charge in [-0.25, -0.2) is 8.42 Å². The Morgan fingerprint density at radius 2 is 1.52 bits per heavy atom. The Bertz CT molecular complexity index is 1250. The number of benzene rings is 3. The van der Waals surface area contributed by atoms with Crippen LogP contribution in [-0.2, 0) is 21.0 Å². The number of sulfonamides is 1. The van der Waals surface area contributed by atoms with E-state index in [1.165, 1.54) is 30.3 Å². The van der Waals surface area contributed by atoms with Crippen LogP contribution in [0, 0.1) is 20.8 Å². The van der Waals surface area contributed by atoms with Crippen LogP contribution in [0.1, 0.15) is 22.3 Å². The number of nitrogens with zero attached hydrogens (tertiary/aromatic N) is 1. The minimum absolute atomic E-state index is 0.141. The zero-order valence-electron chi connectivity index (χ0n) is 18.3. The van der Waals surface area contributed by atoms with Gasteiger partial charge in [-0.3, -0.25) is 9.10 Å². The van der Waals surface area contributed by atoms with Gasteiger partial charge in [-0.2, -0.15) is 13.2 Å². The van der Waals surface area contributed by atoms with Crippen molar-refractivity contribution in [1.29, 1.82) is 0 Å². The Labute approximate surface area is 190 Å². The molecule has 0 aliphatic carbocycles. The molecule has 0 saturated heterocycles. The molecule has 0 spiro atoms. The largest absolute Gasteiger partial charge is 0.416 e. The third-order valence-corrected chi connectivity index (χ3v) is 6.81. The van der Waals surface area contributed by atoms with Crippen LogP contribution in [-0.4, -0.2) is 20.9 Å². The van der Waals surface area contributed by atoms with Crippen LogP contribution in [0.4, 0.5) is 24.5 Å². The molecule has 1 N–H and O–H groups in total. The molecule has 3 aromatic rings. The summed E-state index contributed by atoms with van der Waals surface area (Å²) in [4.78, 5) is 12.8. The number of alkyl halides is 3. The first-order valence-electron chi connectivity index (χ1n) is 10.0. The van der Waals surface area contributed by atoms with Crippen molar-refractivity contribution in [3.63, 3.8) is 0 Å². The molecule has 0 aromatic heterocycles. The summed E-state index contributed by atoms with van der Waals surface area (Å²) in [5.41, 5.74) is 1.83. The number of amides is 1. The third-order valence-electron chi connectivity index (χ3n) is 5.02. The van der Waals surface area contributed by atoms with E-state index in [1.54, 1.807) is 19.9 Å². The molecule has 0 unspecified atom stereocenters. The van der Waals surface area contributed by atoms with E-state index in [0.29, 0.717) is 9.99 Å². The highest BCUT2D eigenvalue weighted by Crippen LogP contribution is 2.33. The molecular weight excluding hydrogens is 453 g/mol. The predicted octanol–water partition coefficient (Wildman–Crippen LogP) is 5.46. The van der Waals surface area contributed by atoms with Gasteiger partial charge in [0.2, 0.25) is 5.91 Å². The molecule has 0 aliphatic heterocycles. The van der Waals surface area contributed by atoms with Gasteiger partial charge in [0.25, 0.3) is 10.0 Å². The first-order chi connectivity index (χ1) is 15.4. The zero-order valence-corrected chi connectivity index (χ0v) is 19.1. The van der Waals surface area contributed by atoms with Gasteiger partial charge < -0.3 is 5.32 Å². The number of hydrogen-bond acceptors (Lipinski definition) is 3. The van der Waals surface area contributed by atoms with Gasteiger partial charge >= 0.3 is 6.18 Å². The molecule has 9 heteroatoms. The average molecular weight is 477 g/mol. The van der Waals surface area contributed by atoms with Crippen molar-refractivity contribution in [3.8, 4) is 0 Å². The molecule has 174 valence electrons. The Balaban J connectivity index is 2.02. The van der Waals surface area contributed by atoms with Crippen molar-refractivity contribution < 1.29 is 26.4 Å². The van der Waals surface area contributed by atoms with Gasteiger partial charge in [-0.05, 0) is 62.2 Å². The number of nitrogens with one attached hydrogen (secondary N) is 1. The summed E-state index contributed by atoms with van der Waals surface area (Å²) in [5.74, 6) is -0.679. The monoisotopic (exact) mass is 476 g/mol. The lowest BCUT2D eigenvalue weighted by atomic mass is 10.1. The lowest BCUT2D eigenvalue weighted by Gasteiger charge is -2.25. The van der Waals surface area contributed by atoms with Crippen molar-refractivity contribution >= 4 is 27.3 Å². The molecule has 1 amide bonds. The zero-order chi connectivity index (χ0) is 24.4. The molecule has 0 saturated carbocycles. The van der Waals surface area contributed by atoms with E-state index in [9.17, 15) is 26.4 Å². The first kappa shape index (κ1) is 24.3. The van der Waals surface area contributed by atoms with Crippen LogP contribution in [0.2, 0.25) is 0 Å². The minimum atomic E-state index is -4.67. The predicted molar refractivity (Wildman–Crippen MR) is 122 cm³/mol. The lowest BCUT2D eigenvalue weighted by molar-refractivity contribution is -0.137. The summed E-state index contributed by atoms with van der Waals surface area (Å²) in [5, 5.41) is 2.71. The van der Waals surface area contributed by atoms with E-state index in [0.717, 1.165) is 34.9 Å². The molecule has 3 aromatic carbocycles. The van der Waals surface area contributed by atoms with Crippen LogP contribution in [0.3, 0.4) is 0 Å². The summed E-state index contributed by atoms with van der Waals surface area (Å²) in [6.07, 6.45) is -4.67. The SMILES string of the molecule is Cc1cc(C)c(NC(=O)CN(c2cccc(C(F)(F)F)c2)S(=O)(=O)c2ccccc2)c(C)c1. The van der Waals surface area contributed by atoms with E-state index in [-0.39, 0.29) is 10.6 Å². The molecule has 3 rings (SSSR count). The Morgan fingerprint density at radius 1 is 0.909 bits per heavy atom. The third kappa shape index (κ3) is 5.54. The quantitative estimate of drug-likeness (QED) is 0.514. The highest BCUT2D eigenvalue weighted by molar-refractivity contribution is 7.92. The first-order valence-corrected chi connectivity index (χ1v) is 11.5. The molecule has 33 heavy (non-hydrogen) atoms. The Morgan fingerprint density at radius 3 is 2.09 bits per heavy atom. The number of hydrogen-bond donors (Lipinski definition) is 1. The van der Waals surface area contributed by atoms with Crippen LogP contribution in [0.5, 0.6) is 0 Å². The maximum absolute atomic E-state index is 13.3. The number of rotatable bonds is 6. The van der Waals surface area contributed by atoms with Crippen molar-refractivity contribution in [2.45, 2.75) is 31.8 Å². The van der Waals surface area contributed by atoms with Gasteiger partial charge in [0.05, 0.1) is 16.1 Å². The fourth-order valence-electron chi connectivity index (χ4n) is 3.56. The highest BCUT2D eigenvalue weighted by Gasteiger charge is 2.33. The second kappa shape index (κ2) is 9.27. The van der Waals surface area contributed by atoms with Gasteiger partial charge in [0.15, 0.2) is 0 Å². The summed E-state index contributed by atoms with van der Waals surface area (Å²) >= 11 is 0. The van der Waals surface area contributed by atoms with Crippen LogP contribution in [0.15, 0.2) is 71.6 Å². The summed E-state index contributed by atoms with van der Waals surface area (Å²) in [7, 11) is -4.33. The van der Waals surface area contributed by atoms with Gasteiger partial charge in [0.1, 0.15) is 6.54 Å². The average Bonchev–Trinajstić information content (AvgIpc) is 2.74. The molecule has 0 aliphatic rings. The molecular formula is C24H23F3N2O3S. The topological polar surface area (TPSA) is 66.5 Å². The van der Waals surface area contributed by atoms with Crippen molar-refractivity contribution in [3.05, 3.63) is 89.0 Å². The van der Waals surface area contributed by atoms with Gasteiger partial charge in [0, 0.05) is 5.69 Å². The minimum Gasteiger partial charge on any atom is -0.324 e. The fourth-order valence-corrected chi connectivity index (χ4v) is 4.99. The second-order valence-corrected chi connectivity index (χ2v) is 9.56. The fraction of sp³-hybridized carbons (Fsp3) is 0.208. The number of aryl methyl sites for hydroxylation is 3. The van der Waals surface area contributed by atoms with Crippen LogP contribution >= 0.6 is 0 Å². The maximum atomic E-state index is 13.3. The van der Waals surface area contributed by atoms with E-state index >= 15 is 0 Å². The van der Waals surface area contributed by atoms with Gasteiger partial charge in [-0.15, -0.1) is 0 Å². The summed E-state index contributed by atoms with van der Waals surface area (Å²) in [6.45, 7) is 4.82. The number of anilines is 2. The molecule has 5 nitrogen and oxygen atoms in total. The lowest BCUT2D eigenvalue weighted by Crippen LogP contribution is -2.38. The van der Waals surface area contributed by atoms with Crippen LogP contribution in [0.25, 0.3) is 0 Å². The smallest absolute Gasteiger partial charge is 0.324 e. The van der Waals surface area contributed by atoms with E-state index in [4.69, 9.17) is 0 Å². The van der Waals surface area contributed by atoms with Crippen LogP contribution < -0.4 is 9.62 Å². The van der Waals surface area contributed by atoms with Crippen molar-refractivity contribution in [2.75, 3.05) is 16.2 Å². The normalized spacial score (nSPS) is 11.8. The van der Waals surface area contributed by atoms with Crippen molar-refractivity contribution in [1.82, 2.24) is 0 Å². The number of carbonyl (C=O) groups is 1. The molecule has 0 heterocycles. The number of halogens is 3. The summed E-state index contributed by atoms with van der Waals surface area (Å²) in [6, 6.07) is 14.9. The number of carbonyl (C=O) groups excluding carboxylic acids is 1. The van der Waals surface area contributed by atoms with E-state index in [1.807, 2.05) is 19.1 Å². The molecule has 0 fully saturated rings. The molecule has 0 radical (unpaired) electrons. The van der Waals surface area contributed by atoms with Gasteiger partial charge in [-0.1, -0.05) is 42.0 Å². The molecule has 0 atom stereocenters. The highest BCUT2D eigenvalue weighted by atomic mass is 32.2. The van der Waals surface area contributed by atoms with E-state index < -0.39 is 34.2 Å². The summed E-state index contributed by atoms with van der Waals surface area (Å²) < 4.78 is 67.2. The van der Waals surface area contributed by atoms with E-state index in [2.05, 4.69) is 5.32 Å². The van der Waals surface area contributed by atoms with Crippen molar-refractivity contribution in [2.24, 2.45) is 0 Å². The molecule has 0 bridgehead atoms.